The molecule has 1 heterocycles. The van der Waals surface area contributed by atoms with Gasteiger partial charge in [0, 0.05) is 37.8 Å². The third-order valence-corrected chi connectivity index (χ3v) is 5.98. The number of anilines is 1. The molecule has 1 N–H and O–H groups in total. The number of carbonyl (C=O) groups excluding carboxylic acids is 1. The van der Waals surface area contributed by atoms with Crippen LogP contribution in [0.25, 0.3) is 0 Å². The first-order valence-electron chi connectivity index (χ1n) is 7.31. The first-order chi connectivity index (χ1) is 10.2. The minimum Gasteiger partial charge on any atom is -0.326 e. The van der Waals surface area contributed by atoms with Crippen LogP contribution < -0.4 is 5.32 Å². The van der Waals surface area contributed by atoms with E-state index in [0.717, 1.165) is 0 Å². The van der Waals surface area contributed by atoms with Gasteiger partial charge in [0.05, 0.1) is 4.90 Å². The van der Waals surface area contributed by atoms with Crippen LogP contribution in [0.15, 0.2) is 29.2 Å². The average molecular weight is 325 g/mol. The van der Waals surface area contributed by atoms with Crippen LogP contribution in [0.2, 0.25) is 0 Å². The van der Waals surface area contributed by atoms with Crippen LogP contribution in [0.3, 0.4) is 0 Å². The Kier molecular flexibility index (Phi) is 4.89. The molecule has 1 aromatic carbocycles. The van der Waals surface area contributed by atoms with Gasteiger partial charge in [-0.3, -0.25) is 9.69 Å². The van der Waals surface area contributed by atoms with E-state index >= 15 is 0 Å². The Labute approximate surface area is 132 Å². The van der Waals surface area contributed by atoms with Gasteiger partial charge in [0.25, 0.3) is 0 Å². The summed E-state index contributed by atoms with van der Waals surface area (Å²) in [5.41, 5.74) is 0.589. The van der Waals surface area contributed by atoms with E-state index in [1.807, 2.05) is 20.9 Å². The first kappa shape index (κ1) is 16.9. The van der Waals surface area contributed by atoms with Gasteiger partial charge in [-0.2, -0.15) is 4.31 Å². The van der Waals surface area contributed by atoms with Crippen LogP contribution >= 0.6 is 0 Å². The molecule has 6 nitrogen and oxygen atoms in total. The smallest absolute Gasteiger partial charge is 0.243 e. The van der Waals surface area contributed by atoms with Crippen molar-refractivity contribution in [3.8, 4) is 0 Å². The van der Waals surface area contributed by atoms with Crippen molar-refractivity contribution in [3.63, 3.8) is 0 Å². The van der Waals surface area contributed by atoms with Crippen LogP contribution in [0.1, 0.15) is 20.8 Å². The quantitative estimate of drug-likeness (QED) is 0.911. The Morgan fingerprint density at radius 3 is 2.09 bits per heavy atom. The van der Waals surface area contributed by atoms with Crippen LogP contribution in [-0.4, -0.2) is 55.8 Å². The lowest BCUT2D eigenvalue weighted by atomic mass is 10.1. The highest BCUT2D eigenvalue weighted by Gasteiger charge is 2.34. The van der Waals surface area contributed by atoms with Gasteiger partial charge in [-0.1, -0.05) is 0 Å². The number of nitrogens with one attached hydrogen (secondary N) is 1. The lowest BCUT2D eigenvalue weighted by Crippen LogP contribution is -2.56. The Hall–Kier alpha value is -1.44. The van der Waals surface area contributed by atoms with Crippen molar-refractivity contribution in [1.82, 2.24) is 9.21 Å². The molecule has 1 amide bonds. The summed E-state index contributed by atoms with van der Waals surface area (Å²) in [7, 11) is -1.49. The molecule has 2 unspecified atom stereocenters. The van der Waals surface area contributed by atoms with E-state index in [9.17, 15) is 13.2 Å². The van der Waals surface area contributed by atoms with Gasteiger partial charge in [0.15, 0.2) is 0 Å². The van der Waals surface area contributed by atoms with Gasteiger partial charge in [-0.15, -0.1) is 0 Å². The van der Waals surface area contributed by atoms with Crippen LogP contribution in [0.5, 0.6) is 0 Å². The summed E-state index contributed by atoms with van der Waals surface area (Å²) < 4.78 is 27.0. The van der Waals surface area contributed by atoms with Gasteiger partial charge in [-0.05, 0) is 45.2 Å². The molecule has 7 heteroatoms. The highest BCUT2D eigenvalue weighted by molar-refractivity contribution is 7.89. The van der Waals surface area contributed by atoms with E-state index < -0.39 is 10.0 Å². The normalized spacial score (nSPS) is 24.2. The molecule has 0 aromatic heterocycles. The van der Waals surface area contributed by atoms with E-state index in [4.69, 9.17) is 0 Å². The summed E-state index contributed by atoms with van der Waals surface area (Å²) in [4.78, 5) is 13.4. The molecule has 1 aromatic rings. The Bertz CT molecular complexity index is 631. The molecular weight excluding hydrogens is 302 g/mol. The number of nitrogens with zero attached hydrogens (tertiary/aromatic N) is 2. The fourth-order valence-corrected chi connectivity index (χ4v) is 4.22. The van der Waals surface area contributed by atoms with Crippen molar-refractivity contribution in [2.75, 3.05) is 25.5 Å². The van der Waals surface area contributed by atoms with E-state index in [0.29, 0.717) is 18.8 Å². The average Bonchev–Trinajstić information content (AvgIpc) is 2.44. The third-order valence-electron chi connectivity index (χ3n) is 4.14. The summed E-state index contributed by atoms with van der Waals surface area (Å²) in [6.45, 7) is 6.43. The molecule has 1 aliphatic heterocycles. The summed E-state index contributed by atoms with van der Waals surface area (Å²) in [5, 5.41) is 2.63. The lowest BCUT2D eigenvalue weighted by molar-refractivity contribution is -0.114. The van der Waals surface area contributed by atoms with Crippen LogP contribution in [-0.2, 0) is 14.8 Å². The van der Waals surface area contributed by atoms with Crippen molar-refractivity contribution in [1.29, 1.82) is 0 Å². The number of carbonyl (C=O) groups is 1. The van der Waals surface area contributed by atoms with Gasteiger partial charge < -0.3 is 5.32 Å². The summed E-state index contributed by atoms with van der Waals surface area (Å²) >= 11 is 0. The molecule has 0 radical (unpaired) electrons. The molecule has 1 fully saturated rings. The Morgan fingerprint density at radius 1 is 1.14 bits per heavy atom. The third kappa shape index (κ3) is 3.48. The predicted octanol–water partition coefficient (Wildman–Crippen LogP) is 1.36. The molecule has 1 saturated heterocycles. The number of hydrogen-bond acceptors (Lipinski definition) is 4. The molecule has 0 bridgehead atoms. The van der Waals surface area contributed by atoms with Crippen molar-refractivity contribution < 1.29 is 13.2 Å². The first-order valence-corrected chi connectivity index (χ1v) is 8.75. The molecule has 0 saturated carbocycles. The molecule has 122 valence electrons. The number of amides is 1. The lowest BCUT2D eigenvalue weighted by Gasteiger charge is -2.41. The number of hydrogen-bond donors (Lipinski definition) is 1. The van der Waals surface area contributed by atoms with Crippen molar-refractivity contribution in [2.24, 2.45) is 0 Å². The second kappa shape index (κ2) is 6.36. The second-order valence-electron chi connectivity index (χ2n) is 5.89. The molecule has 2 atom stereocenters. The standard InChI is InChI=1S/C15H23N3O3S/c1-11-9-18(10-12(2)17(11)4)22(20,21)15-7-5-14(6-8-15)16-13(3)19/h5-8,11-12H,9-10H2,1-4H3,(H,16,19). The summed E-state index contributed by atoms with van der Waals surface area (Å²) in [6, 6.07) is 6.64. The minimum atomic E-state index is -3.50. The fourth-order valence-electron chi connectivity index (χ4n) is 2.61. The van der Waals surface area contributed by atoms with Gasteiger partial charge in [-0.25, -0.2) is 8.42 Å². The minimum absolute atomic E-state index is 0.178. The maximum atomic E-state index is 12.7. The zero-order valence-electron chi connectivity index (χ0n) is 13.4. The van der Waals surface area contributed by atoms with Crippen molar-refractivity contribution in [3.05, 3.63) is 24.3 Å². The second-order valence-corrected chi connectivity index (χ2v) is 7.83. The summed E-state index contributed by atoms with van der Waals surface area (Å²) in [5.74, 6) is -0.183. The highest BCUT2D eigenvalue weighted by Crippen LogP contribution is 2.23. The Morgan fingerprint density at radius 2 is 1.64 bits per heavy atom. The molecular formula is C15H23N3O3S. The molecule has 1 aliphatic rings. The van der Waals surface area contributed by atoms with Gasteiger partial charge in [0.2, 0.25) is 15.9 Å². The SMILES string of the molecule is CC(=O)Nc1ccc(S(=O)(=O)N2CC(C)N(C)C(C)C2)cc1. The van der Waals surface area contributed by atoms with Crippen LogP contribution in [0, 0.1) is 0 Å². The van der Waals surface area contributed by atoms with Crippen molar-refractivity contribution in [2.45, 2.75) is 37.8 Å². The maximum absolute atomic E-state index is 12.7. The van der Waals surface area contributed by atoms with Crippen LogP contribution in [0.4, 0.5) is 5.69 Å². The predicted molar refractivity (Wildman–Crippen MR) is 86.2 cm³/mol. The Balaban J connectivity index is 2.21. The van der Waals surface area contributed by atoms with E-state index in [1.54, 1.807) is 12.1 Å². The summed E-state index contributed by atoms with van der Waals surface area (Å²) in [6.07, 6.45) is 0. The zero-order chi connectivity index (χ0) is 16.5. The highest BCUT2D eigenvalue weighted by atomic mass is 32.2. The fraction of sp³-hybridized carbons (Fsp3) is 0.533. The van der Waals surface area contributed by atoms with Crippen molar-refractivity contribution >= 4 is 21.6 Å². The molecule has 0 spiro atoms. The molecule has 22 heavy (non-hydrogen) atoms. The number of piperazine rings is 1. The van der Waals surface area contributed by atoms with E-state index in [-0.39, 0.29) is 22.9 Å². The molecule has 2 rings (SSSR count). The van der Waals surface area contributed by atoms with Gasteiger partial charge >= 0.3 is 0 Å². The zero-order valence-corrected chi connectivity index (χ0v) is 14.2. The topological polar surface area (TPSA) is 69.7 Å². The van der Waals surface area contributed by atoms with Gasteiger partial charge in [0.1, 0.15) is 0 Å². The largest absolute Gasteiger partial charge is 0.326 e. The monoisotopic (exact) mass is 325 g/mol. The number of benzene rings is 1. The van der Waals surface area contributed by atoms with E-state index in [1.165, 1.54) is 23.4 Å². The molecule has 0 aliphatic carbocycles. The maximum Gasteiger partial charge on any atom is 0.243 e. The number of likely N-dealkylation sites (N-methyl/N-ethyl adjacent to an activating group) is 1. The number of sulfonamides is 1. The van der Waals surface area contributed by atoms with E-state index in [2.05, 4.69) is 10.2 Å². The number of rotatable bonds is 3.